The van der Waals surface area contributed by atoms with Crippen molar-refractivity contribution in [1.29, 1.82) is 0 Å². The molecule has 0 atom stereocenters. The average Bonchev–Trinajstić information content (AvgIpc) is 3.13. The minimum absolute atomic E-state index is 0.00541. The Kier molecular flexibility index (Phi) is 4.26. The summed E-state index contributed by atoms with van der Waals surface area (Å²) in [6.45, 7) is 0. The summed E-state index contributed by atoms with van der Waals surface area (Å²) in [5.74, 6) is -0.522. The molecular weight excluding hydrogens is 371 g/mol. The summed E-state index contributed by atoms with van der Waals surface area (Å²) in [6.07, 6.45) is 1.74. The van der Waals surface area contributed by atoms with Crippen molar-refractivity contribution in [1.82, 2.24) is 19.4 Å². The number of rotatable bonds is 3. The summed E-state index contributed by atoms with van der Waals surface area (Å²) < 4.78 is 40.5. The molecule has 4 rings (SSSR count). The molecule has 9 heteroatoms. The Balaban J connectivity index is 1.71. The number of alkyl halides is 3. The fourth-order valence-electron chi connectivity index (χ4n) is 2.70. The highest BCUT2D eigenvalue weighted by molar-refractivity contribution is 6.03. The van der Waals surface area contributed by atoms with Crippen LogP contribution in [0.2, 0.25) is 0 Å². The lowest BCUT2D eigenvalue weighted by Gasteiger charge is -2.07. The van der Waals surface area contributed by atoms with E-state index in [9.17, 15) is 18.0 Å². The van der Waals surface area contributed by atoms with Gasteiger partial charge in [-0.15, -0.1) is 0 Å². The number of imidazole rings is 1. The third-order valence-corrected chi connectivity index (χ3v) is 3.99. The van der Waals surface area contributed by atoms with Crippen LogP contribution in [0, 0.1) is 0 Å². The van der Waals surface area contributed by atoms with Gasteiger partial charge in [-0.1, -0.05) is 12.1 Å². The lowest BCUT2D eigenvalue weighted by atomic mass is 10.1. The molecule has 3 heterocycles. The molecule has 0 spiro atoms. The molecule has 0 radical (unpaired) electrons. The van der Waals surface area contributed by atoms with E-state index in [1.54, 1.807) is 41.1 Å². The van der Waals surface area contributed by atoms with Gasteiger partial charge in [0.2, 0.25) is 5.82 Å². The number of hydrogen-bond donors (Lipinski definition) is 1. The number of halogens is 3. The first kappa shape index (κ1) is 17.7. The van der Waals surface area contributed by atoms with Crippen molar-refractivity contribution in [2.75, 3.05) is 5.32 Å². The molecule has 0 aliphatic rings. The third kappa shape index (κ3) is 3.41. The maximum absolute atomic E-state index is 13.0. The molecule has 28 heavy (non-hydrogen) atoms. The second-order valence-electron chi connectivity index (χ2n) is 5.88. The smallest absolute Gasteiger partial charge is 0.316 e. The Hall–Kier alpha value is -3.75. The number of aromatic nitrogens is 4. The van der Waals surface area contributed by atoms with E-state index in [0.717, 1.165) is 12.1 Å². The first-order valence-corrected chi connectivity index (χ1v) is 8.15. The third-order valence-electron chi connectivity index (χ3n) is 3.99. The maximum Gasteiger partial charge on any atom is 0.416 e. The fourth-order valence-corrected chi connectivity index (χ4v) is 2.70. The number of hydrogen-bond acceptors (Lipinski definition) is 4. The molecule has 0 saturated heterocycles. The van der Waals surface area contributed by atoms with Gasteiger partial charge < -0.3 is 9.72 Å². The second kappa shape index (κ2) is 6.76. The van der Waals surface area contributed by atoms with E-state index in [-0.39, 0.29) is 5.82 Å². The number of carbonyl (C=O) groups is 1. The zero-order valence-electron chi connectivity index (χ0n) is 14.2. The summed E-state index contributed by atoms with van der Waals surface area (Å²) >= 11 is 0. The molecule has 1 N–H and O–H groups in total. The van der Waals surface area contributed by atoms with Crippen molar-refractivity contribution >= 4 is 17.2 Å². The van der Waals surface area contributed by atoms with Gasteiger partial charge in [-0.3, -0.25) is 4.79 Å². The predicted molar refractivity (Wildman–Crippen MR) is 95.6 cm³/mol. The standard InChI is InChI=1S/C19H12F3N5O/c20-19(21,22)13-5-1-4-12(10-13)15-11-27-9-2-6-14(17(27)25-15)26-18(28)16-23-7-3-8-24-16/h1-11H,(H,26,28). The normalized spacial score (nSPS) is 11.5. The van der Waals surface area contributed by atoms with Crippen molar-refractivity contribution in [2.45, 2.75) is 6.18 Å². The van der Waals surface area contributed by atoms with Crippen LogP contribution in [0.3, 0.4) is 0 Å². The first-order valence-electron chi connectivity index (χ1n) is 8.15. The van der Waals surface area contributed by atoms with E-state index in [2.05, 4.69) is 20.3 Å². The Morgan fingerprint density at radius 3 is 2.57 bits per heavy atom. The summed E-state index contributed by atoms with van der Waals surface area (Å²) in [7, 11) is 0. The predicted octanol–water partition coefficient (Wildman–Crippen LogP) is 4.06. The zero-order chi connectivity index (χ0) is 19.7. The average molecular weight is 383 g/mol. The second-order valence-corrected chi connectivity index (χ2v) is 5.88. The largest absolute Gasteiger partial charge is 0.416 e. The fraction of sp³-hybridized carbons (Fsp3) is 0.0526. The van der Waals surface area contributed by atoms with Crippen LogP contribution in [0.5, 0.6) is 0 Å². The number of nitrogens with zero attached hydrogens (tertiary/aromatic N) is 4. The van der Waals surface area contributed by atoms with Gasteiger partial charge in [0.15, 0.2) is 5.65 Å². The molecule has 1 aromatic carbocycles. The number of nitrogens with one attached hydrogen (secondary N) is 1. The minimum Gasteiger partial charge on any atom is -0.316 e. The Labute approximate surface area is 156 Å². The van der Waals surface area contributed by atoms with E-state index >= 15 is 0 Å². The number of pyridine rings is 1. The van der Waals surface area contributed by atoms with E-state index in [4.69, 9.17) is 0 Å². The summed E-state index contributed by atoms with van der Waals surface area (Å²) in [5, 5.41) is 2.67. The molecule has 0 saturated carbocycles. The summed E-state index contributed by atoms with van der Waals surface area (Å²) in [6, 6.07) is 9.84. The van der Waals surface area contributed by atoms with E-state index in [0.29, 0.717) is 22.6 Å². The minimum atomic E-state index is -4.44. The van der Waals surface area contributed by atoms with Gasteiger partial charge in [0.25, 0.3) is 5.91 Å². The van der Waals surface area contributed by atoms with Gasteiger partial charge in [-0.2, -0.15) is 13.2 Å². The van der Waals surface area contributed by atoms with Crippen molar-refractivity contribution in [3.8, 4) is 11.3 Å². The Morgan fingerprint density at radius 2 is 1.82 bits per heavy atom. The summed E-state index contributed by atoms with van der Waals surface area (Å²) in [5.41, 5.74) is 0.695. The van der Waals surface area contributed by atoms with Crippen LogP contribution in [0.1, 0.15) is 16.2 Å². The van der Waals surface area contributed by atoms with E-state index < -0.39 is 17.6 Å². The zero-order valence-corrected chi connectivity index (χ0v) is 14.2. The molecule has 140 valence electrons. The topological polar surface area (TPSA) is 72.2 Å². The van der Waals surface area contributed by atoms with Crippen LogP contribution in [0.15, 0.2) is 67.3 Å². The number of anilines is 1. The van der Waals surface area contributed by atoms with Crippen LogP contribution < -0.4 is 5.32 Å². The van der Waals surface area contributed by atoms with Gasteiger partial charge in [0.05, 0.1) is 16.9 Å². The monoisotopic (exact) mass is 383 g/mol. The van der Waals surface area contributed by atoms with E-state index in [1.165, 1.54) is 18.5 Å². The van der Waals surface area contributed by atoms with Crippen LogP contribution in [-0.2, 0) is 6.18 Å². The highest BCUT2D eigenvalue weighted by Gasteiger charge is 2.30. The molecule has 0 bridgehead atoms. The Morgan fingerprint density at radius 1 is 1.04 bits per heavy atom. The van der Waals surface area contributed by atoms with Gasteiger partial charge in [-0.25, -0.2) is 15.0 Å². The lowest BCUT2D eigenvalue weighted by molar-refractivity contribution is -0.137. The highest BCUT2D eigenvalue weighted by atomic mass is 19.4. The molecule has 0 aliphatic heterocycles. The van der Waals surface area contributed by atoms with Gasteiger partial charge in [0, 0.05) is 30.4 Å². The van der Waals surface area contributed by atoms with E-state index in [1.807, 2.05) is 0 Å². The Bertz CT molecular complexity index is 1160. The quantitative estimate of drug-likeness (QED) is 0.579. The SMILES string of the molecule is O=C(Nc1cccn2cc(-c3cccc(C(F)(F)F)c3)nc12)c1ncccn1. The molecule has 0 unspecified atom stereocenters. The molecule has 1 amide bonds. The molecule has 3 aromatic heterocycles. The van der Waals surface area contributed by atoms with Gasteiger partial charge in [-0.05, 0) is 30.3 Å². The summed E-state index contributed by atoms with van der Waals surface area (Å²) in [4.78, 5) is 24.5. The molecular formula is C19H12F3N5O. The number of amides is 1. The van der Waals surface area contributed by atoms with Crippen molar-refractivity contribution in [2.24, 2.45) is 0 Å². The van der Waals surface area contributed by atoms with Crippen molar-refractivity contribution in [3.05, 3.63) is 78.6 Å². The van der Waals surface area contributed by atoms with Crippen LogP contribution in [0.4, 0.5) is 18.9 Å². The maximum atomic E-state index is 13.0. The van der Waals surface area contributed by atoms with Crippen molar-refractivity contribution in [3.63, 3.8) is 0 Å². The molecule has 6 nitrogen and oxygen atoms in total. The van der Waals surface area contributed by atoms with Crippen molar-refractivity contribution < 1.29 is 18.0 Å². The van der Waals surface area contributed by atoms with Crippen LogP contribution in [0.25, 0.3) is 16.9 Å². The lowest BCUT2D eigenvalue weighted by Crippen LogP contribution is -2.15. The van der Waals surface area contributed by atoms with Crippen LogP contribution >= 0.6 is 0 Å². The number of carbonyl (C=O) groups excluding carboxylic acids is 1. The number of fused-ring (bicyclic) bond motifs is 1. The molecule has 0 fully saturated rings. The molecule has 0 aliphatic carbocycles. The van der Waals surface area contributed by atoms with Crippen LogP contribution in [-0.4, -0.2) is 25.3 Å². The van der Waals surface area contributed by atoms with Gasteiger partial charge in [0.1, 0.15) is 0 Å². The molecule has 4 aromatic rings. The first-order chi connectivity index (χ1) is 13.4. The highest BCUT2D eigenvalue weighted by Crippen LogP contribution is 2.32. The van der Waals surface area contributed by atoms with Gasteiger partial charge >= 0.3 is 6.18 Å². The number of benzene rings is 1.